The molecule has 0 atom stereocenters. The molecular weight excluding hydrogens is 436 g/mol. The molecule has 0 aliphatic rings. The molecule has 0 fully saturated rings. The van der Waals surface area contributed by atoms with E-state index in [2.05, 4.69) is 21.2 Å². The molecule has 0 heterocycles. The second-order valence-electron chi connectivity index (χ2n) is 5.95. The standard InChI is InChI=1S/C22H21BrN2O4/c1-3-11-29-20-10-7-18(23)13-16(20)12-17(14-24)21(26)25-19-8-5-15(6-9-19)22(27)28-4-2/h5-10,12-13H,3-4,11H2,1-2H3,(H,25,26)/b17-12+. The van der Waals surface area contributed by atoms with Crippen molar-refractivity contribution in [2.75, 3.05) is 18.5 Å². The Morgan fingerprint density at radius 2 is 1.90 bits per heavy atom. The number of ether oxygens (including phenoxy) is 2. The summed E-state index contributed by atoms with van der Waals surface area (Å²) in [5, 5.41) is 12.1. The Labute approximate surface area is 178 Å². The van der Waals surface area contributed by atoms with Crippen molar-refractivity contribution in [3.8, 4) is 11.8 Å². The van der Waals surface area contributed by atoms with Crippen molar-refractivity contribution in [1.29, 1.82) is 5.26 Å². The predicted molar refractivity (Wildman–Crippen MR) is 115 cm³/mol. The second-order valence-corrected chi connectivity index (χ2v) is 6.87. The molecule has 0 bridgehead atoms. The van der Waals surface area contributed by atoms with Crippen molar-refractivity contribution in [2.24, 2.45) is 0 Å². The minimum Gasteiger partial charge on any atom is -0.493 e. The van der Waals surface area contributed by atoms with Crippen LogP contribution < -0.4 is 10.1 Å². The Morgan fingerprint density at radius 3 is 2.52 bits per heavy atom. The van der Waals surface area contributed by atoms with E-state index in [0.29, 0.717) is 29.2 Å². The van der Waals surface area contributed by atoms with Gasteiger partial charge in [-0.3, -0.25) is 4.79 Å². The monoisotopic (exact) mass is 456 g/mol. The summed E-state index contributed by atoms with van der Waals surface area (Å²) in [6.07, 6.45) is 2.32. The molecule has 0 aliphatic heterocycles. The normalized spacial score (nSPS) is 10.8. The number of hydrogen-bond acceptors (Lipinski definition) is 5. The van der Waals surface area contributed by atoms with Gasteiger partial charge in [0.15, 0.2) is 0 Å². The third-order valence-corrected chi connectivity index (χ3v) is 4.25. The van der Waals surface area contributed by atoms with Gasteiger partial charge in [-0.05, 0) is 61.9 Å². The quantitative estimate of drug-likeness (QED) is 0.344. The summed E-state index contributed by atoms with van der Waals surface area (Å²) in [4.78, 5) is 24.2. The molecule has 0 unspecified atom stereocenters. The van der Waals surface area contributed by atoms with Gasteiger partial charge in [0.25, 0.3) is 5.91 Å². The zero-order valence-electron chi connectivity index (χ0n) is 16.2. The highest BCUT2D eigenvalue weighted by molar-refractivity contribution is 9.10. The van der Waals surface area contributed by atoms with Crippen LogP contribution in [0.15, 0.2) is 52.5 Å². The number of nitriles is 1. The van der Waals surface area contributed by atoms with Crippen LogP contribution in [0.3, 0.4) is 0 Å². The van der Waals surface area contributed by atoms with E-state index in [1.807, 2.05) is 19.1 Å². The first kappa shape index (κ1) is 22.2. The Kier molecular flexibility index (Phi) is 8.44. The van der Waals surface area contributed by atoms with Crippen LogP contribution in [0.25, 0.3) is 6.08 Å². The SMILES string of the molecule is CCCOc1ccc(Br)cc1/C=C(\C#N)C(=O)Nc1ccc(C(=O)OCC)cc1. The van der Waals surface area contributed by atoms with E-state index in [1.165, 1.54) is 6.08 Å². The van der Waals surface area contributed by atoms with Crippen LogP contribution in [-0.2, 0) is 9.53 Å². The third kappa shape index (κ3) is 6.47. The van der Waals surface area contributed by atoms with E-state index in [0.717, 1.165) is 10.9 Å². The molecule has 6 nitrogen and oxygen atoms in total. The summed E-state index contributed by atoms with van der Waals surface area (Å²) >= 11 is 3.39. The number of hydrogen-bond donors (Lipinski definition) is 1. The number of amides is 1. The summed E-state index contributed by atoms with van der Waals surface area (Å²) in [7, 11) is 0. The number of nitrogens with one attached hydrogen (secondary N) is 1. The zero-order chi connectivity index (χ0) is 21.2. The van der Waals surface area contributed by atoms with Gasteiger partial charge in [-0.15, -0.1) is 0 Å². The fraction of sp³-hybridized carbons (Fsp3) is 0.227. The minimum absolute atomic E-state index is 0.0704. The molecule has 2 rings (SSSR count). The smallest absolute Gasteiger partial charge is 0.338 e. The van der Waals surface area contributed by atoms with Gasteiger partial charge in [0, 0.05) is 15.7 Å². The van der Waals surface area contributed by atoms with E-state index < -0.39 is 11.9 Å². The highest BCUT2D eigenvalue weighted by Gasteiger charge is 2.13. The summed E-state index contributed by atoms with van der Waals surface area (Å²) in [6, 6.07) is 13.6. The molecule has 1 N–H and O–H groups in total. The molecule has 0 spiro atoms. The lowest BCUT2D eigenvalue weighted by molar-refractivity contribution is -0.112. The lowest BCUT2D eigenvalue weighted by Crippen LogP contribution is -2.14. The summed E-state index contributed by atoms with van der Waals surface area (Å²) < 4.78 is 11.4. The van der Waals surface area contributed by atoms with Crippen LogP contribution in [0.4, 0.5) is 5.69 Å². The topological polar surface area (TPSA) is 88.4 Å². The molecule has 150 valence electrons. The number of anilines is 1. The van der Waals surface area contributed by atoms with Crippen molar-refractivity contribution < 1.29 is 19.1 Å². The lowest BCUT2D eigenvalue weighted by atomic mass is 10.1. The summed E-state index contributed by atoms with van der Waals surface area (Å²) in [6.45, 7) is 4.54. The number of carbonyl (C=O) groups excluding carboxylic acids is 2. The van der Waals surface area contributed by atoms with Gasteiger partial charge in [-0.25, -0.2) is 4.79 Å². The number of halogens is 1. The molecule has 0 aromatic heterocycles. The molecule has 1 amide bonds. The van der Waals surface area contributed by atoms with Crippen LogP contribution in [-0.4, -0.2) is 25.1 Å². The van der Waals surface area contributed by atoms with Gasteiger partial charge in [0.1, 0.15) is 17.4 Å². The van der Waals surface area contributed by atoms with Gasteiger partial charge in [-0.1, -0.05) is 22.9 Å². The van der Waals surface area contributed by atoms with Crippen molar-refractivity contribution >= 4 is 39.6 Å². The van der Waals surface area contributed by atoms with Crippen LogP contribution >= 0.6 is 15.9 Å². The minimum atomic E-state index is -0.558. The maximum Gasteiger partial charge on any atom is 0.338 e. The summed E-state index contributed by atoms with van der Waals surface area (Å²) in [5.74, 6) is -0.399. The molecule has 0 aliphatic carbocycles. The van der Waals surface area contributed by atoms with Gasteiger partial charge in [0.05, 0.1) is 18.8 Å². The molecule has 0 radical (unpaired) electrons. The third-order valence-electron chi connectivity index (χ3n) is 3.75. The molecule has 2 aromatic carbocycles. The van der Waals surface area contributed by atoms with Crippen molar-refractivity contribution in [3.63, 3.8) is 0 Å². The molecule has 7 heteroatoms. The van der Waals surface area contributed by atoms with Gasteiger partial charge < -0.3 is 14.8 Å². The maximum absolute atomic E-state index is 12.5. The number of nitrogens with zero attached hydrogens (tertiary/aromatic N) is 1. The number of carbonyl (C=O) groups is 2. The second kappa shape index (κ2) is 11.0. The summed E-state index contributed by atoms with van der Waals surface area (Å²) in [5.41, 5.74) is 1.39. The lowest BCUT2D eigenvalue weighted by Gasteiger charge is -2.10. The average molecular weight is 457 g/mol. The van der Waals surface area contributed by atoms with Gasteiger partial charge in [0.2, 0.25) is 0 Å². The Morgan fingerprint density at radius 1 is 1.17 bits per heavy atom. The molecule has 0 saturated heterocycles. The van der Waals surface area contributed by atoms with E-state index in [1.54, 1.807) is 43.3 Å². The molecule has 29 heavy (non-hydrogen) atoms. The predicted octanol–water partition coefficient (Wildman–Crippen LogP) is 4.96. The van der Waals surface area contributed by atoms with Crippen molar-refractivity contribution in [1.82, 2.24) is 0 Å². The van der Waals surface area contributed by atoms with Crippen LogP contribution in [0, 0.1) is 11.3 Å². The van der Waals surface area contributed by atoms with E-state index >= 15 is 0 Å². The van der Waals surface area contributed by atoms with E-state index in [9.17, 15) is 14.9 Å². The van der Waals surface area contributed by atoms with Crippen molar-refractivity contribution in [2.45, 2.75) is 20.3 Å². The van der Waals surface area contributed by atoms with Crippen LogP contribution in [0.2, 0.25) is 0 Å². The molecule has 2 aromatic rings. The van der Waals surface area contributed by atoms with Gasteiger partial charge in [-0.2, -0.15) is 5.26 Å². The first-order valence-electron chi connectivity index (χ1n) is 9.11. The van der Waals surface area contributed by atoms with Gasteiger partial charge >= 0.3 is 5.97 Å². The first-order chi connectivity index (χ1) is 14.0. The fourth-order valence-electron chi connectivity index (χ4n) is 2.38. The fourth-order valence-corrected chi connectivity index (χ4v) is 2.76. The Bertz CT molecular complexity index is 946. The Balaban J connectivity index is 2.20. The molecular formula is C22H21BrN2O4. The highest BCUT2D eigenvalue weighted by atomic mass is 79.9. The number of benzene rings is 2. The van der Waals surface area contributed by atoms with Crippen LogP contribution in [0.1, 0.15) is 36.2 Å². The van der Waals surface area contributed by atoms with Crippen LogP contribution in [0.5, 0.6) is 5.75 Å². The van der Waals surface area contributed by atoms with Crippen molar-refractivity contribution in [3.05, 3.63) is 63.6 Å². The zero-order valence-corrected chi connectivity index (χ0v) is 17.8. The Hall–Kier alpha value is -3.11. The first-order valence-corrected chi connectivity index (χ1v) is 9.90. The highest BCUT2D eigenvalue weighted by Crippen LogP contribution is 2.26. The maximum atomic E-state index is 12.5. The largest absolute Gasteiger partial charge is 0.493 e. The van der Waals surface area contributed by atoms with E-state index in [4.69, 9.17) is 9.47 Å². The number of esters is 1. The molecule has 0 saturated carbocycles. The number of rotatable bonds is 8. The van der Waals surface area contributed by atoms with E-state index in [-0.39, 0.29) is 12.2 Å². The average Bonchev–Trinajstić information content (AvgIpc) is 2.72.